The van der Waals surface area contributed by atoms with Crippen molar-refractivity contribution in [1.29, 1.82) is 0 Å². The summed E-state index contributed by atoms with van der Waals surface area (Å²) in [5, 5.41) is 17.0. The van der Waals surface area contributed by atoms with Crippen LogP contribution in [0.3, 0.4) is 0 Å². The molecular formula is C23H17N7S. The molecule has 1 unspecified atom stereocenters. The van der Waals surface area contributed by atoms with Gasteiger partial charge in [-0.15, -0.1) is 11.3 Å². The molecule has 0 amide bonds. The second-order valence-corrected chi connectivity index (χ2v) is 8.11. The van der Waals surface area contributed by atoms with Crippen LogP contribution in [0.15, 0.2) is 89.2 Å². The van der Waals surface area contributed by atoms with Crippen LogP contribution in [0.4, 0.5) is 17.5 Å². The Morgan fingerprint density at radius 2 is 2.03 bits per heavy atom. The molecule has 4 aromatic rings. The molecule has 150 valence electrons. The lowest BCUT2D eigenvalue weighted by Gasteiger charge is -2.20. The lowest BCUT2D eigenvalue weighted by molar-refractivity contribution is 1.01. The SMILES string of the molecule is C1=CN=C2C=CC=C(Nc3nc(Nc4ccc5[nH]ncc5c4)c4sccc4n3)C2C=C1. The molecule has 0 saturated carbocycles. The van der Waals surface area contributed by atoms with Crippen LogP contribution in [-0.4, -0.2) is 25.9 Å². The van der Waals surface area contributed by atoms with Gasteiger partial charge in [-0.3, -0.25) is 10.1 Å². The van der Waals surface area contributed by atoms with Crippen LogP contribution < -0.4 is 10.6 Å². The summed E-state index contributed by atoms with van der Waals surface area (Å²) in [5.74, 6) is 1.36. The van der Waals surface area contributed by atoms with Gasteiger partial charge in [-0.1, -0.05) is 18.2 Å². The zero-order chi connectivity index (χ0) is 20.6. The van der Waals surface area contributed by atoms with Crippen molar-refractivity contribution in [2.75, 3.05) is 10.6 Å². The number of thiophene rings is 1. The van der Waals surface area contributed by atoms with Gasteiger partial charge in [0.25, 0.3) is 0 Å². The Morgan fingerprint density at radius 3 is 3.03 bits per heavy atom. The normalized spacial score (nSPS) is 17.4. The highest BCUT2D eigenvalue weighted by Gasteiger charge is 2.21. The molecule has 3 N–H and O–H groups in total. The number of nitrogens with zero attached hydrogens (tertiary/aromatic N) is 4. The lowest BCUT2D eigenvalue weighted by Crippen LogP contribution is -2.21. The van der Waals surface area contributed by atoms with Crippen molar-refractivity contribution in [3.05, 3.63) is 84.2 Å². The molecule has 0 bridgehead atoms. The molecule has 4 heterocycles. The molecular weight excluding hydrogens is 406 g/mol. The number of anilines is 3. The summed E-state index contributed by atoms with van der Waals surface area (Å²) in [6, 6.07) is 8.07. The summed E-state index contributed by atoms with van der Waals surface area (Å²) < 4.78 is 1.01. The Labute approximate surface area is 181 Å². The van der Waals surface area contributed by atoms with E-state index in [1.54, 1.807) is 11.3 Å². The Kier molecular flexibility index (Phi) is 4.21. The summed E-state index contributed by atoms with van der Waals surface area (Å²) in [7, 11) is 0. The molecule has 0 radical (unpaired) electrons. The van der Waals surface area contributed by atoms with E-state index in [1.165, 1.54) is 0 Å². The predicted octanol–water partition coefficient (Wildman–Crippen LogP) is 5.32. The van der Waals surface area contributed by atoms with E-state index in [4.69, 9.17) is 9.97 Å². The van der Waals surface area contributed by atoms with E-state index in [-0.39, 0.29) is 5.92 Å². The molecule has 0 fully saturated rings. The van der Waals surface area contributed by atoms with E-state index in [9.17, 15) is 0 Å². The van der Waals surface area contributed by atoms with Gasteiger partial charge in [-0.25, -0.2) is 4.98 Å². The summed E-state index contributed by atoms with van der Waals surface area (Å²) >= 11 is 1.62. The number of allylic oxidation sites excluding steroid dienone is 6. The molecule has 3 aromatic heterocycles. The Hall–Kier alpha value is -4.04. The highest BCUT2D eigenvalue weighted by molar-refractivity contribution is 7.17. The average Bonchev–Trinajstić information content (AvgIpc) is 3.37. The first kappa shape index (κ1) is 17.8. The molecule has 2 aliphatic rings. The van der Waals surface area contributed by atoms with Crippen LogP contribution in [-0.2, 0) is 0 Å². The van der Waals surface area contributed by atoms with Gasteiger partial charge in [0.1, 0.15) is 0 Å². The van der Waals surface area contributed by atoms with E-state index >= 15 is 0 Å². The highest BCUT2D eigenvalue weighted by atomic mass is 32.1. The van der Waals surface area contributed by atoms with Crippen molar-refractivity contribution in [3.63, 3.8) is 0 Å². The lowest BCUT2D eigenvalue weighted by atomic mass is 9.94. The number of aromatic nitrogens is 4. The third-order valence-electron chi connectivity index (χ3n) is 5.18. The van der Waals surface area contributed by atoms with Gasteiger partial charge >= 0.3 is 0 Å². The van der Waals surface area contributed by atoms with Crippen LogP contribution in [0.5, 0.6) is 0 Å². The fraction of sp³-hybridized carbons (Fsp3) is 0.0435. The van der Waals surface area contributed by atoms with Crippen LogP contribution in [0.1, 0.15) is 0 Å². The van der Waals surface area contributed by atoms with E-state index in [2.05, 4.69) is 31.9 Å². The first-order chi connectivity index (χ1) is 15.3. The second-order valence-electron chi connectivity index (χ2n) is 7.19. The van der Waals surface area contributed by atoms with Crippen molar-refractivity contribution in [1.82, 2.24) is 20.2 Å². The number of H-pyrrole nitrogens is 1. The van der Waals surface area contributed by atoms with Gasteiger partial charge in [-0.05, 0) is 47.9 Å². The number of nitrogens with one attached hydrogen (secondary N) is 3. The molecule has 1 aliphatic heterocycles. The third kappa shape index (κ3) is 3.32. The van der Waals surface area contributed by atoms with Crippen molar-refractivity contribution < 1.29 is 0 Å². The minimum Gasteiger partial charge on any atom is -0.339 e. The maximum atomic E-state index is 4.80. The Bertz CT molecular complexity index is 1450. The molecule has 1 atom stereocenters. The zero-order valence-electron chi connectivity index (χ0n) is 16.3. The number of rotatable bonds is 4. The minimum absolute atomic E-state index is 0.0432. The first-order valence-electron chi connectivity index (χ1n) is 9.85. The molecule has 1 aromatic carbocycles. The van der Waals surface area contributed by atoms with Crippen molar-refractivity contribution in [2.45, 2.75) is 0 Å². The quantitative estimate of drug-likeness (QED) is 0.413. The smallest absolute Gasteiger partial charge is 0.229 e. The van der Waals surface area contributed by atoms with Gasteiger partial charge in [0.2, 0.25) is 5.95 Å². The average molecular weight is 424 g/mol. The van der Waals surface area contributed by atoms with Crippen LogP contribution >= 0.6 is 11.3 Å². The minimum atomic E-state index is 0.0432. The monoisotopic (exact) mass is 423 g/mol. The number of aliphatic imine (C=N–C) groups is 1. The fourth-order valence-corrected chi connectivity index (χ4v) is 4.48. The molecule has 6 rings (SSSR count). The van der Waals surface area contributed by atoms with Gasteiger partial charge < -0.3 is 10.6 Å². The Morgan fingerprint density at radius 1 is 1.03 bits per heavy atom. The van der Waals surface area contributed by atoms with Crippen LogP contribution in [0.25, 0.3) is 21.1 Å². The van der Waals surface area contributed by atoms with Crippen molar-refractivity contribution in [2.24, 2.45) is 10.9 Å². The van der Waals surface area contributed by atoms with E-state index in [0.29, 0.717) is 5.95 Å². The Balaban J connectivity index is 1.35. The number of fused-ring (bicyclic) bond motifs is 3. The standard InChI is InChI=1S/C23H17N7S/c1-2-10-24-18-5-3-6-19(16(18)4-1)27-23-28-20-9-11-31-21(20)22(29-23)26-15-7-8-17-14(12-15)13-25-30-17/h1-13,16H,(H,25,30)(H2,26,27,28,29). The number of benzene rings is 1. The molecule has 0 spiro atoms. The molecule has 7 nitrogen and oxygen atoms in total. The fourth-order valence-electron chi connectivity index (χ4n) is 3.71. The van der Waals surface area contributed by atoms with Crippen molar-refractivity contribution >= 4 is 55.6 Å². The van der Waals surface area contributed by atoms with Gasteiger partial charge in [0, 0.05) is 23.0 Å². The predicted molar refractivity (Wildman–Crippen MR) is 127 cm³/mol. The van der Waals surface area contributed by atoms with Gasteiger partial charge in [0.15, 0.2) is 5.82 Å². The van der Waals surface area contributed by atoms with Crippen LogP contribution in [0, 0.1) is 5.92 Å². The van der Waals surface area contributed by atoms with Gasteiger partial charge in [0.05, 0.1) is 33.6 Å². The van der Waals surface area contributed by atoms with E-state index in [1.807, 2.05) is 72.4 Å². The summed E-state index contributed by atoms with van der Waals surface area (Å²) in [6.07, 6.45) is 15.7. The molecule has 0 saturated heterocycles. The number of hydrogen-bond donors (Lipinski definition) is 3. The zero-order valence-corrected chi connectivity index (χ0v) is 17.1. The van der Waals surface area contributed by atoms with Crippen LogP contribution in [0.2, 0.25) is 0 Å². The maximum Gasteiger partial charge on any atom is 0.229 e. The van der Waals surface area contributed by atoms with Crippen molar-refractivity contribution in [3.8, 4) is 0 Å². The summed E-state index contributed by atoms with van der Waals surface area (Å²) in [4.78, 5) is 14.0. The first-order valence-corrected chi connectivity index (χ1v) is 10.7. The summed E-state index contributed by atoms with van der Waals surface area (Å²) in [6.45, 7) is 0. The van der Waals surface area contributed by atoms with E-state index in [0.717, 1.165) is 44.0 Å². The third-order valence-corrected chi connectivity index (χ3v) is 6.09. The van der Waals surface area contributed by atoms with E-state index < -0.39 is 0 Å². The number of aromatic amines is 1. The molecule has 8 heteroatoms. The second kappa shape index (κ2) is 7.33. The highest BCUT2D eigenvalue weighted by Crippen LogP contribution is 2.31. The number of hydrogen-bond acceptors (Lipinski definition) is 7. The summed E-state index contributed by atoms with van der Waals surface area (Å²) in [5.41, 5.74) is 4.81. The molecule has 1 aliphatic carbocycles. The molecule has 31 heavy (non-hydrogen) atoms. The van der Waals surface area contributed by atoms with Gasteiger partial charge in [-0.2, -0.15) is 10.1 Å². The largest absolute Gasteiger partial charge is 0.339 e. The topological polar surface area (TPSA) is 90.9 Å². The maximum absolute atomic E-state index is 4.80.